The van der Waals surface area contributed by atoms with Crippen molar-refractivity contribution in [1.29, 1.82) is 0 Å². The van der Waals surface area contributed by atoms with E-state index in [4.69, 9.17) is 5.73 Å². The topological polar surface area (TPSA) is 70.7 Å². The fourth-order valence-corrected chi connectivity index (χ4v) is 2.81. The summed E-state index contributed by atoms with van der Waals surface area (Å²) in [4.78, 5) is 18.7. The Morgan fingerprint density at radius 1 is 1.16 bits per heavy atom. The highest BCUT2D eigenvalue weighted by Gasteiger charge is 2.10. The number of halogens is 1. The van der Waals surface area contributed by atoms with Crippen LogP contribution in [-0.2, 0) is 6.54 Å². The number of likely N-dealkylation sites (tertiary alicyclic amines) is 1. The molecule has 5 nitrogen and oxygen atoms in total. The zero-order valence-corrected chi connectivity index (χ0v) is 17.5. The van der Waals surface area contributed by atoms with Gasteiger partial charge in [0.05, 0.1) is 6.54 Å². The van der Waals surface area contributed by atoms with E-state index in [0.29, 0.717) is 18.1 Å². The fraction of sp³-hybridized carbons (Fsp3) is 0.579. The highest BCUT2D eigenvalue weighted by atomic mass is 127. The molecule has 1 aromatic rings. The number of nitrogens with zero attached hydrogens (tertiary/aromatic N) is 2. The Kier molecular flexibility index (Phi) is 10.5. The minimum Gasteiger partial charge on any atom is -0.370 e. The number of rotatable bonds is 6. The summed E-state index contributed by atoms with van der Waals surface area (Å²) < 4.78 is 0. The van der Waals surface area contributed by atoms with Gasteiger partial charge in [-0.1, -0.05) is 38.3 Å². The number of hydrogen-bond donors (Lipinski definition) is 2. The zero-order chi connectivity index (χ0) is 17.2. The van der Waals surface area contributed by atoms with Crippen LogP contribution in [0.2, 0.25) is 0 Å². The van der Waals surface area contributed by atoms with Crippen LogP contribution in [0, 0.1) is 0 Å². The maximum absolute atomic E-state index is 12.0. The number of unbranched alkanes of at least 4 members (excludes halogenated alkanes) is 1. The normalized spacial score (nSPS) is 15.2. The van der Waals surface area contributed by atoms with Gasteiger partial charge in [0, 0.05) is 25.2 Å². The average Bonchev–Trinajstić information content (AvgIpc) is 2.89. The van der Waals surface area contributed by atoms with Crippen LogP contribution >= 0.6 is 24.0 Å². The molecule has 0 radical (unpaired) electrons. The van der Waals surface area contributed by atoms with Gasteiger partial charge in [0.2, 0.25) is 0 Å². The first kappa shape index (κ1) is 21.7. The van der Waals surface area contributed by atoms with Gasteiger partial charge in [-0.2, -0.15) is 0 Å². The number of aliphatic imine (C=N–C) groups is 1. The minimum absolute atomic E-state index is 0. The van der Waals surface area contributed by atoms with Gasteiger partial charge in [-0.05, 0) is 37.0 Å². The summed E-state index contributed by atoms with van der Waals surface area (Å²) >= 11 is 0. The van der Waals surface area contributed by atoms with Crippen LogP contribution in [0.25, 0.3) is 0 Å². The maximum atomic E-state index is 12.0. The molecule has 0 atom stereocenters. The van der Waals surface area contributed by atoms with Gasteiger partial charge in [-0.3, -0.25) is 4.79 Å². The molecule has 3 N–H and O–H groups in total. The van der Waals surface area contributed by atoms with Gasteiger partial charge in [-0.15, -0.1) is 24.0 Å². The minimum atomic E-state index is -0.0115. The first-order valence-electron chi connectivity index (χ1n) is 9.12. The molecule has 1 aliphatic rings. The van der Waals surface area contributed by atoms with Crippen LogP contribution in [-0.4, -0.2) is 36.4 Å². The molecule has 0 saturated carbocycles. The van der Waals surface area contributed by atoms with Crippen LogP contribution in [0.1, 0.15) is 61.4 Å². The molecule has 1 amide bonds. The lowest BCUT2D eigenvalue weighted by molar-refractivity contribution is 0.0953. The standard InChI is InChI=1S/C19H30N4O.HI/c1-2-3-12-21-18(24)17-10-8-16(9-11-17)15-22-19(20)23-13-6-4-5-7-14-23;/h8-11H,2-7,12-15H2,1H3,(H2,20,22)(H,21,24);1H. The highest BCUT2D eigenvalue weighted by Crippen LogP contribution is 2.10. The molecule has 0 unspecified atom stereocenters. The van der Waals surface area contributed by atoms with Crippen molar-refractivity contribution in [3.8, 4) is 0 Å². The third kappa shape index (κ3) is 7.63. The Bertz CT molecular complexity index is 537. The second-order valence-corrected chi connectivity index (χ2v) is 6.38. The third-order valence-corrected chi connectivity index (χ3v) is 4.39. The van der Waals surface area contributed by atoms with Crippen LogP contribution < -0.4 is 11.1 Å². The van der Waals surface area contributed by atoms with Crippen LogP contribution in [0.4, 0.5) is 0 Å². The van der Waals surface area contributed by atoms with E-state index in [-0.39, 0.29) is 29.9 Å². The third-order valence-electron chi connectivity index (χ3n) is 4.39. The highest BCUT2D eigenvalue weighted by molar-refractivity contribution is 14.0. The molecule has 1 saturated heterocycles. The number of carbonyl (C=O) groups excluding carboxylic acids is 1. The lowest BCUT2D eigenvalue weighted by Gasteiger charge is -2.21. The summed E-state index contributed by atoms with van der Waals surface area (Å²) in [6, 6.07) is 7.62. The Labute approximate surface area is 168 Å². The molecular formula is C19H31IN4O. The van der Waals surface area contributed by atoms with E-state index in [1.165, 1.54) is 25.7 Å². The fourth-order valence-electron chi connectivity index (χ4n) is 2.81. The number of nitrogens with two attached hydrogens (primary N) is 1. The van der Waals surface area contributed by atoms with E-state index in [9.17, 15) is 4.79 Å². The summed E-state index contributed by atoms with van der Waals surface area (Å²) in [5.41, 5.74) is 7.88. The predicted molar refractivity (Wildman–Crippen MR) is 114 cm³/mol. The first-order valence-corrected chi connectivity index (χ1v) is 9.12. The molecule has 0 aromatic heterocycles. The zero-order valence-electron chi connectivity index (χ0n) is 15.2. The Morgan fingerprint density at radius 3 is 2.40 bits per heavy atom. The number of nitrogens with one attached hydrogen (secondary N) is 1. The van der Waals surface area contributed by atoms with Crippen molar-refractivity contribution in [2.24, 2.45) is 10.7 Å². The number of guanidine groups is 1. The SMILES string of the molecule is CCCCNC(=O)c1ccc(CN=C(N)N2CCCCCC2)cc1.I. The molecule has 1 aliphatic heterocycles. The second kappa shape index (κ2) is 12.1. The number of amides is 1. The van der Waals surface area contributed by atoms with Crippen LogP contribution in [0.3, 0.4) is 0 Å². The van der Waals surface area contributed by atoms with Crippen molar-refractivity contribution >= 4 is 35.8 Å². The first-order chi connectivity index (χ1) is 11.7. The summed E-state index contributed by atoms with van der Waals surface area (Å²) in [6.07, 6.45) is 7.04. The summed E-state index contributed by atoms with van der Waals surface area (Å²) in [5.74, 6) is 0.626. The quantitative estimate of drug-likeness (QED) is 0.297. The van der Waals surface area contributed by atoms with Crippen molar-refractivity contribution in [1.82, 2.24) is 10.2 Å². The Morgan fingerprint density at radius 2 is 1.80 bits per heavy atom. The average molecular weight is 458 g/mol. The Balaban J connectivity index is 0.00000312. The van der Waals surface area contributed by atoms with Crippen molar-refractivity contribution in [2.75, 3.05) is 19.6 Å². The van der Waals surface area contributed by atoms with Crippen molar-refractivity contribution in [3.63, 3.8) is 0 Å². The predicted octanol–water partition coefficient (Wildman–Crippen LogP) is 3.53. The van der Waals surface area contributed by atoms with Gasteiger partial charge < -0.3 is 16.0 Å². The van der Waals surface area contributed by atoms with Gasteiger partial charge in [0.15, 0.2) is 5.96 Å². The largest absolute Gasteiger partial charge is 0.370 e. The second-order valence-electron chi connectivity index (χ2n) is 6.38. The summed E-state index contributed by atoms with van der Waals surface area (Å²) in [6.45, 7) is 5.41. The van der Waals surface area contributed by atoms with Crippen LogP contribution in [0.5, 0.6) is 0 Å². The van der Waals surface area contributed by atoms with Gasteiger partial charge in [0.25, 0.3) is 5.91 Å². The molecular weight excluding hydrogens is 427 g/mol. The molecule has 0 bridgehead atoms. The van der Waals surface area contributed by atoms with Gasteiger partial charge in [-0.25, -0.2) is 4.99 Å². The lowest BCUT2D eigenvalue weighted by atomic mass is 10.1. The molecule has 1 fully saturated rings. The number of benzene rings is 1. The summed E-state index contributed by atoms with van der Waals surface area (Å²) in [7, 11) is 0. The number of carbonyl (C=O) groups is 1. The molecule has 1 aromatic carbocycles. The van der Waals surface area contributed by atoms with Gasteiger partial charge in [0.1, 0.15) is 0 Å². The smallest absolute Gasteiger partial charge is 0.251 e. The molecule has 0 aliphatic carbocycles. The van der Waals surface area contributed by atoms with Gasteiger partial charge >= 0.3 is 0 Å². The molecule has 2 rings (SSSR count). The van der Waals surface area contributed by atoms with E-state index >= 15 is 0 Å². The molecule has 25 heavy (non-hydrogen) atoms. The van der Waals surface area contributed by atoms with Crippen LogP contribution in [0.15, 0.2) is 29.3 Å². The van der Waals surface area contributed by atoms with Crippen molar-refractivity contribution in [2.45, 2.75) is 52.0 Å². The molecule has 140 valence electrons. The van der Waals surface area contributed by atoms with E-state index < -0.39 is 0 Å². The van der Waals surface area contributed by atoms with Crippen molar-refractivity contribution in [3.05, 3.63) is 35.4 Å². The van der Waals surface area contributed by atoms with E-state index in [2.05, 4.69) is 22.1 Å². The monoisotopic (exact) mass is 458 g/mol. The van der Waals surface area contributed by atoms with E-state index in [1.54, 1.807) is 0 Å². The van der Waals surface area contributed by atoms with E-state index in [0.717, 1.165) is 38.0 Å². The molecule has 1 heterocycles. The van der Waals surface area contributed by atoms with E-state index in [1.807, 2.05) is 24.3 Å². The summed E-state index contributed by atoms with van der Waals surface area (Å²) in [5, 5.41) is 2.93. The lowest BCUT2D eigenvalue weighted by Crippen LogP contribution is -2.38. The molecule has 6 heteroatoms. The van der Waals surface area contributed by atoms with Crippen molar-refractivity contribution < 1.29 is 4.79 Å². The maximum Gasteiger partial charge on any atom is 0.251 e. The molecule has 0 spiro atoms. The number of hydrogen-bond acceptors (Lipinski definition) is 2. The Hall–Kier alpha value is -1.31.